The van der Waals surface area contributed by atoms with Crippen LogP contribution in [0.5, 0.6) is 5.75 Å². The van der Waals surface area contributed by atoms with Crippen LogP contribution in [0.2, 0.25) is 5.02 Å². The summed E-state index contributed by atoms with van der Waals surface area (Å²) in [6, 6.07) is 4.76. The minimum Gasteiger partial charge on any atom is -0.487 e. The quantitative estimate of drug-likeness (QED) is 0.787. The van der Waals surface area contributed by atoms with Crippen molar-refractivity contribution >= 4 is 23.5 Å². The van der Waals surface area contributed by atoms with Gasteiger partial charge in [0.05, 0.1) is 0 Å². The van der Waals surface area contributed by atoms with Gasteiger partial charge < -0.3 is 15.0 Å². The highest BCUT2D eigenvalue weighted by Gasteiger charge is 2.57. The molecule has 0 bridgehead atoms. The van der Waals surface area contributed by atoms with Gasteiger partial charge in [-0.1, -0.05) is 18.5 Å². The third-order valence-corrected chi connectivity index (χ3v) is 5.37. The number of rotatable bonds is 5. The smallest absolute Gasteiger partial charge is 0.322 e. The molecule has 2 aliphatic rings. The maximum atomic E-state index is 12.7. The molecule has 0 aromatic heterocycles. The summed E-state index contributed by atoms with van der Waals surface area (Å²) >= 11 is 6.14. The lowest BCUT2D eigenvalue weighted by Crippen LogP contribution is -2.55. The van der Waals surface area contributed by atoms with Gasteiger partial charge in [-0.2, -0.15) is 0 Å². The van der Waals surface area contributed by atoms with E-state index in [1.54, 1.807) is 18.2 Å². The molecule has 3 rings (SSSR count). The molecule has 0 aliphatic carbocycles. The van der Waals surface area contributed by atoms with Crippen LogP contribution in [-0.2, 0) is 10.3 Å². The number of nitrogens with zero attached hydrogens (tertiary/aromatic N) is 1. The number of imide groups is 1. The number of ether oxygens (including phenoxy) is 1. The Kier molecular flexibility index (Phi) is 4.68. The second-order valence-electron chi connectivity index (χ2n) is 7.18. The van der Waals surface area contributed by atoms with Gasteiger partial charge in [0.1, 0.15) is 11.4 Å². The Hall–Kier alpha value is -1.79. The zero-order valence-electron chi connectivity index (χ0n) is 14.8. The standard InChI is InChI=1S/C18H24ClN3O3/c1-4-17(8-5-9-22(2)3)11-18(15(23)20-16(24)21-18)13-10-12(19)6-7-14(13)25-17/h6-7,10H,4-5,8-9,11H2,1-3H3,(H2,20,21,23,24). The van der Waals surface area contributed by atoms with Gasteiger partial charge in [-0.15, -0.1) is 0 Å². The first-order chi connectivity index (χ1) is 11.8. The molecule has 1 spiro atoms. The lowest BCUT2D eigenvalue weighted by Gasteiger charge is -2.45. The van der Waals surface area contributed by atoms with Crippen LogP contribution in [0.1, 0.15) is 38.2 Å². The van der Waals surface area contributed by atoms with Crippen LogP contribution in [-0.4, -0.2) is 43.1 Å². The largest absolute Gasteiger partial charge is 0.487 e. The van der Waals surface area contributed by atoms with Gasteiger partial charge in [0.2, 0.25) is 0 Å². The highest BCUT2D eigenvalue weighted by Crippen LogP contribution is 2.48. The summed E-state index contributed by atoms with van der Waals surface area (Å²) in [5.41, 5.74) is -1.00. The van der Waals surface area contributed by atoms with Gasteiger partial charge in [0.25, 0.3) is 5.91 Å². The van der Waals surface area contributed by atoms with E-state index in [0.717, 1.165) is 25.8 Å². The number of nitrogens with one attached hydrogen (secondary N) is 2. The van der Waals surface area contributed by atoms with Gasteiger partial charge in [-0.3, -0.25) is 10.1 Å². The number of carbonyl (C=O) groups is 2. The molecular weight excluding hydrogens is 342 g/mol. The fourth-order valence-corrected chi connectivity index (χ4v) is 3.98. The van der Waals surface area contributed by atoms with E-state index in [4.69, 9.17) is 16.3 Å². The molecule has 2 heterocycles. The van der Waals surface area contributed by atoms with Gasteiger partial charge in [0.15, 0.2) is 5.54 Å². The number of urea groups is 1. The molecule has 2 aliphatic heterocycles. The molecule has 136 valence electrons. The van der Waals surface area contributed by atoms with Crippen molar-refractivity contribution in [2.24, 2.45) is 0 Å². The predicted octanol–water partition coefficient (Wildman–Crippen LogP) is 2.65. The van der Waals surface area contributed by atoms with Crippen molar-refractivity contribution in [3.63, 3.8) is 0 Å². The van der Waals surface area contributed by atoms with Crippen molar-refractivity contribution in [3.8, 4) is 5.75 Å². The topological polar surface area (TPSA) is 70.7 Å². The molecule has 0 saturated carbocycles. The maximum absolute atomic E-state index is 12.7. The Balaban J connectivity index is 2.02. The fraction of sp³-hybridized carbons (Fsp3) is 0.556. The van der Waals surface area contributed by atoms with Crippen LogP contribution < -0.4 is 15.4 Å². The van der Waals surface area contributed by atoms with Crippen molar-refractivity contribution in [2.45, 2.75) is 43.7 Å². The molecule has 7 heteroatoms. The van der Waals surface area contributed by atoms with Crippen LogP contribution in [0.4, 0.5) is 4.79 Å². The molecule has 2 unspecified atom stereocenters. The number of fused-ring (bicyclic) bond motifs is 2. The average molecular weight is 366 g/mol. The minimum absolute atomic E-state index is 0.338. The van der Waals surface area contributed by atoms with E-state index in [2.05, 4.69) is 22.5 Å². The molecule has 2 N–H and O–H groups in total. The monoisotopic (exact) mass is 365 g/mol. The molecule has 25 heavy (non-hydrogen) atoms. The van der Waals surface area contributed by atoms with Crippen LogP contribution >= 0.6 is 11.6 Å². The van der Waals surface area contributed by atoms with Crippen molar-refractivity contribution in [2.75, 3.05) is 20.6 Å². The van der Waals surface area contributed by atoms with Crippen LogP contribution in [0.3, 0.4) is 0 Å². The second-order valence-corrected chi connectivity index (χ2v) is 7.61. The number of hydrogen-bond acceptors (Lipinski definition) is 4. The summed E-state index contributed by atoms with van der Waals surface area (Å²) in [5.74, 6) is 0.273. The SMILES string of the molecule is CCC1(CCCN(C)C)CC2(NC(=O)NC2=O)c2cc(Cl)ccc2O1. The number of benzene rings is 1. The number of carbonyl (C=O) groups excluding carboxylic acids is 2. The fourth-order valence-electron chi connectivity index (χ4n) is 3.81. The first-order valence-electron chi connectivity index (χ1n) is 8.58. The normalized spacial score (nSPS) is 27.9. The molecule has 0 radical (unpaired) electrons. The third-order valence-electron chi connectivity index (χ3n) is 5.14. The van der Waals surface area contributed by atoms with Crippen LogP contribution in [0.25, 0.3) is 0 Å². The highest BCUT2D eigenvalue weighted by molar-refractivity contribution is 6.30. The first-order valence-corrected chi connectivity index (χ1v) is 8.95. The van der Waals surface area contributed by atoms with E-state index >= 15 is 0 Å². The van der Waals surface area contributed by atoms with E-state index in [1.807, 2.05) is 14.1 Å². The maximum Gasteiger partial charge on any atom is 0.322 e. The Bertz CT molecular complexity index is 709. The summed E-state index contributed by atoms with van der Waals surface area (Å²) in [5, 5.41) is 5.73. The molecule has 1 saturated heterocycles. The van der Waals surface area contributed by atoms with E-state index in [9.17, 15) is 9.59 Å². The number of halogens is 1. The molecule has 1 aromatic rings. The zero-order chi connectivity index (χ0) is 18.2. The van der Waals surface area contributed by atoms with E-state index < -0.39 is 17.2 Å². The summed E-state index contributed by atoms with van der Waals surface area (Å²) in [7, 11) is 4.06. The minimum atomic E-state index is -1.12. The highest BCUT2D eigenvalue weighted by atomic mass is 35.5. The molecule has 2 atom stereocenters. The van der Waals surface area contributed by atoms with E-state index in [0.29, 0.717) is 22.8 Å². The third kappa shape index (κ3) is 3.20. The van der Waals surface area contributed by atoms with E-state index in [1.165, 1.54) is 0 Å². The average Bonchev–Trinajstić information content (AvgIpc) is 2.82. The Morgan fingerprint density at radius 1 is 1.32 bits per heavy atom. The second kappa shape index (κ2) is 6.50. The molecular formula is C18H24ClN3O3. The van der Waals surface area contributed by atoms with Gasteiger partial charge in [-0.05, 0) is 58.1 Å². The van der Waals surface area contributed by atoms with Crippen molar-refractivity contribution in [3.05, 3.63) is 28.8 Å². The number of amides is 3. The van der Waals surface area contributed by atoms with Gasteiger partial charge in [0, 0.05) is 17.0 Å². The lowest BCUT2D eigenvalue weighted by molar-refractivity contribution is -0.128. The Morgan fingerprint density at radius 2 is 2.08 bits per heavy atom. The van der Waals surface area contributed by atoms with Gasteiger partial charge in [-0.25, -0.2) is 4.79 Å². The Labute approximate surface area is 152 Å². The lowest BCUT2D eigenvalue weighted by atomic mass is 9.73. The summed E-state index contributed by atoms with van der Waals surface area (Å²) in [4.78, 5) is 26.7. The molecule has 1 aromatic carbocycles. The molecule has 1 fully saturated rings. The summed E-state index contributed by atoms with van der Waals surface area (Å²) in [6.45, 7) is 2.99. The zero-order valence-corrected chi connectivity index (χ0v) is 15.6. The molecule has 3 amide bonds. The number of hydrogen-bond donors (Lipinski definition) is 2. The Morgan fingerprint density at radius 3 is 2.68 bits per heavy atom. The van der Waals surface area contributed by atoms with Crippen LogP contribution in [0.15, 0.2) is 18.2 Å². The van der Waals surface area contributed by atoms with E-state index in [-0.39, 0.29) is 5.91 Å². The van der Waals surface area contributed by atoms with Crippen LogP contribution in [0, 0.1) is 0 Å². The first kappa shape index (κ1) is 18.0. The van der Waals surface area contributed by atoms with Crippen molar-refractivity contribution in [1.29, 1.82) is 0 Å². The van der Waals surface area contributed by atoms with Crippen molar-refractivity contribution in [1.82, 2.24) is 15.5 Å². The molecule has 6 nitrogen and oxygen atoms in total. The summed E-state index contributed by atoms with van der Waals surface area (Å²) in [6.07, 6.45) is 2.88. The van der Waals surface area contributed by atoms with Gasteiger partial charge >= 0.3 is 6.03 Å². The summed E-state index contributed by atoms with van der Waals surface area (Å²) < 4.78 is 6.37. The van der Waals surface area contributed by atoms with Crippen molar-refractivity contribution < 1.29 is 14.3 Å². The predicted molar refractivity (Wildman–Crippen MR) is 95.9 cm³/mol.